The van der Waals surface area contributed by atoms with E-state index in [1.54, 1.807) is 54.6 Å². The van der Waals surface area contributed by atoms with Crippen LogP contribution in [0.1, 0.15) is 50.0 Å². The van der Waals surface area contributed by atoms with E-state index in [2.05, 4.69) is 18.7 Å². The van der Waals surface area contributed by atoms with Gasteiger partial charge in [0.1, 0.15) is 29.6 Å². The Bertz CT molecular complexity index is 1530. The van der Waals surface area contributed by atoms with Gasteiger partial charge >= 0.3 is 0 Å². The summed E-state index contributed by atoms with van der Waals surface area (Å²) in [5, 5.41) is 20.4. The van der Waals surface area contributed by atoms with Crippen molar-refractivity contribution in [1.29, 1.82) is 0 Å². The third-order valence-corrected chi connectivity index (χ3v) is 8.82. The van der Waals surface area contributed by atoms with Crippen molar-refractivity contribution in [3.05, 3.63) is 77.4 Å². The number of likely N-dealkylation sites (tertiary alicyclic amines) is 1. The van der Waals surface area contributed by atoms with E-state index in [0.717, 1.165) is 18.7 Å². The standard InChI is InChI=1S/C31H35NO6S/c1-19-12-13-32(17-19)20(2)18-37-25-9-10-26(29(16-25)39(4,35)36)31-30(22-6-5-7-23(33)14-22)21(3)27-15-24(34)8-11-28(27)38-31/h5-11,14-16,19-20,31,33-34H,12-13,17-18H2,1-4H3/t19-,20+,31?/m1/s1. The first kappa shape index (κ1) is 27.1. The molecule has 1 saturated heterocycles. The second-order valence-electron chi connectivity index (χ2n) is 10.8. The summed E-state index contributed by atoms with van der Waals surface area (Å²) in [4.78, 5) is 2.52. The third kappa shape index (κ3) is 5.63. The molecule has 2 aliphatic heterocycles. The van der Waals surface area contributed by atoms with E-state index in [9.17, 15) is 18.6 Å². The van der Waals surface area contributed by atoms with Gasteiger partial charge in [-0.3, -0.25) is 4.90 Å². The largest absolute Gasteiger partial charge is 0.508 e. The fourth-order valence-electron chi connectivity index (χ4n) is 5.54. The van der Waals surface area contributed by atoms with E-state index in [1.165, 1.54) is 12.7 Å². The minimum Gasteiger partial charge on any atom is -0.508 e. The molecule has 3 atom stereocenters. The van der Waals surface area contributed by atoms with Gasteiger partial charge in [-0.1, -0.05) is 19.1 Å². The average Bonchev–Trinajstić information content (AvgIpc) is 3.33. The lowest BCUT2D eigenvalue weighted by Crippen LogP contribution is -2.35. The lowest BCUT2D eigenvalue weighted by atomic mass is 9.86. The maximum Gasteiger partial charge on any atom is 0.176 e. The quantitative estimate of drug-likeness (QED) is 0.392. The second-order valence-corrected chi connectivity index (χ2v) is 12.8. The summed E-state index contributed by atoms with van der Waals surface area (Å²) in [6, 6.07) is 17.0. The highest BCUT2D eigenvalue weighted by atomic mass is 32.2. The number of ether oxygens (including phenoxy) is 2. The van der Waals surface area contributed by atoms with Gasteiger partial charge in [0.25, 0.3) is 0 Å². The van der Waals surface area contributed by atoms with Crippen LogP contribution in [-0.2, 0) is 9.84 Å². The molecule has 0 aromatic heterocycles. The van der Waals surface area contributed by atoms with Crippen molar-refractivity contribution < 1.29 is 28.1 Å². The molecule has 0 aliphatic carbocycles. The van der Waals surface area contributed by atoms with E-state index < -0.39 is 15.9 Å². The van der Waals surface area contributed by atoms with Crippen molar-refractivity contribution in [2.24, 2.45) is 5.92 Å². The lowest BCUT2D eigenvalue weighted by Gasteiger charge is -2.32. The van der Waals surface area contributed by atoms with E-state index in [4.69, 9.17) is 9.47 Å². The molecule has 1 unspecified atom stereocenters. The van der Waals surface area contributed by atoms with Crippen LogP contribution in [0.2, 0.25) is 0 Å². The van der Waals surface area contributed by atoms with Crippen LogP contribution in [-0.4, -0.2) is 55.5 Å². The second kappa shape index (κ2) is 10.6. The molecule has 206 valence electrons. The van der Waals surface area contributed by atoms with Crippen LogP contribution in [0.25, 0.3) is 11.1 Å². The Hall–Kier alpha value is -3.49. The normalized spacial score (nSPS) is 20.4. The zero-order chi connectivity index (χ0) is 27.9. The van der Waals surface area contributed by atoms with E-state index in [1.807, 2.05) is 13.0 Å². The average molecular weight is 550 g/mol. The summed E-state index contributed by atoms with van der Waals surface area (Å²) in [5.41, 5.74) is 3.40. The molecule has 2 heterocycles. The molecule has 2 N–H and O–H groups in total. The molecule has 39 heavy (non-hydrogen) atoms. The zero-order valence-electron chi connectivity index (χ0n) is 22.7. The topological polar surface area (TPSA) is 96.3 Å². The Balaban J connectivity index is 1.55. The van der Waals surface area contributed by atoms with Gasteiger partial charge in [0.15, 0.2) is 15.9 Å². The lowest BCUT2D eigenvalue weighted by molar-refractivity contribution is 0.168. The SMILES string of the molecule is CC1=C(c2cccc(O)c2)C(c2ccc(OC[C@H](C)N3CC[C@@H](C)C3)cc2S(C)(=O)=O)Oc2ccc(O)cc21. The van der Waals surface area contributed by atoms with Crippen molar-refractivity contribution in [2.75, 3.05) is 26.0 Å². The minimum atomic E-state index is -3.66. The first-order valence-electron chi connectivity index (χ1n) is 13.2. The zero-order valence-corrected chi connectivity index (χ0v) is 23.5. The Morgan fingerprint density at radius 3 is 2.54 bits per heavy atom. The smallest absolute Gasteiger partial charge is 0.176 e. The van der Waals surface area contributed by atoms with Gasteiger partial charge in [-0.25, -0.2) is 8.42 Å². The number of phenols is 2. The number of phenolic OH excluding ortho intramolecular Hbond substituents is 2. The molecule has 5 rings (SSSR count). The molecule has 0 saturated carbocycles. The summed E-state index contributed by atoms with van der Waals surface area (Å²) in [5.74, 6) is 1.88. The van der Waals surface area contributed by atoms with E-state index >= 15 is 0 Å². The number of rotatable bonds is 7. The third-order valence-electron chi connectivity index (χ3n) is 7.67. The molecule has 8 heteroatoms. The summed E-state index contributed by atoms with van der Waals surface area (Å²) < 4.78 is 38.7. The highest BCUT2D eigenvalue weighted by molar-refractivity contribution is 7.90. The number of allylic oxidation sites excluding steroid dienone is 1. The van der Waals surface area contributed by atoms with Crippen LogP contribution in [0, 0.1) is 5.92 Å². The molecular formula is C31H35NO6S. The van der Waals surface area contributed by atoms with Crippen molar-refractivity contribution >= 4 is 21.0 Å². The molecule has 3 aromatic carbocycles. The van der Waals surface area contributed by atoms with Gasteiger partial charge in [0, 0.05) is 35.5 Å². The fraction of sp³-hybridized carbons (Fsp3) is 0.355. The summed E-state index contributed by atoms with van der Waals surface area (Å²) in [6.07, 6.45) is 1.59. The van der Waals surface area contributed by atoms with Gasteiger partial charge in [-0.2, -0.15) is 0 Å². The number of fused-ring (bicyclic) bond motifs is 1. The van der Waals surface area contributed by atoms with Gasteiger partial charge in [-0.15, -0.1) is 0 Å². The molecule has 1 fully saturated rings. The van der Waals surface area contributed by atoms with Crippen LogP contribution in [0.4, 0.5) is 0 Å². The van der Waals surface area contributed by atoms with Gasteiger partial charge < -0.3 is 19.7 Å². The highest BCUT2D eigenvalue weighted by Gasteiger charge is 2.33. The predicted octanol–water partition coefficient (Wildman–Crippen LogP) is 5.67. The van der Waals surface area contributed by atoms with E-state index in [-0.39, 0.29) is 22.4 Å². The summed E-state index contributed by atoms with van der Waals surface area (Å²) in [7, 11) is -3.66. The first-order valence-corrected chi connectivity index (χ1v) is 15.1. The van der Waals surface area contributed by atoms with Crippen molar-refractivity contribution in [1.82, 2.24) is 4.90 Å². The predicted molar refractivity (Wildman–Crippen MR) is 152 cm³/mol. The summed E-state index contributed by atoms with van der Waals surface area (Å²) >= 11 is 0. The van der Waals surface area contributed by atoms with Crippen molar-refractivity contribution in [2.45, 2.75) is 44.2 Å². The van der Waals surface area contributed by atoms with Crippen LogP contribution in [0.15, 0.2) is 65.6 Å². The van der Waals surface area contributed by atoms with Crippen molar-refractivity contribution in [3.63, 3.8) is 0 Å². The molecule has 0 amide bonds. The maximum absolute atomic E-state index is 13.1. The molecular weight excluding hydrogens is 514 g/mol. The Kier molecular flexibility index (Phi) is 7.35. The number of hydrogen-bond acceptors (Lipinski definition) is 7. The Morgan fingerprint density at radius 2 is 1.85 bits per heavy atom. The molecule has 0 radical (unpaired) electrons. The Labute approximate surface area is 230 Å². The van der Waals surface area contributed by atoms with Crippen LogP contribution in [0.5, 0.6) is 23.0 Å². The Morgan fingerprint density at radius 1 is 1.08 bits per heavy atom. The number of benzene rings is 3. The molecule has 0 bridgehead atoms. The fourth-order valence-corrected chi connectivity index (χ4v) is 6.47. The highest BCUT2D eigenvalue weighted by Crippen LogP contribution is 2.49. The van der Waals surface area contributed by atoms with Crippen LogP contribution < -0.4 is 9.47 Å². The monoisotopic (exact) mass is 549 g/mol. The number of hydrogen-bond donors (Lipinski definition) is 2. The number of aromatic hydroxyl groups is 2. The number of nitrogens with zero attached hydrogens (tertiary/aromatic N) is 1. The van der Waals surface area contributed by atoms with Gasteiger partial charge in [0.2, 0.25) is 0 Å². The van der Waals surface area contributed by atoms with Gasteiger partial charge in [0.05, 0.1) is 4.90 Å². The van der Waals surface area contributed by atoms with Crippen LogP contribution >= 0.6 is 0 Å². The van der Waals surface area contributed by atoms with Gasteiger partial charge in [-0.05, 0) is 92.4 Å². The molecule has 3 aromatic rings. The number of sulfone groups is 1. The minimum absolute atomic E-state index is 0.0851. The summed E-state index contributed by atoms with van der Waals surface area (Å²) in [6.45, 7) is 8.83. The maximum atomic E-state index is 13.1. The molecule has 2 aliphatic rings. The van der Waals surface area contributed by atoms with Crippen LogP contribution in [0.3, 0.4) is 0 Å². The first-order chi connectivity index (χ1) is 18.5. The van der Waals surface area contributed by atoms with Crippen molar-refractivity contribution in [3.8, 4) is 23.0 Å². The molecule has 7 nitrogen and oxygen atoms in total. The molecule has 0 spiro atoms. The van der Waals surface area contributed by atoms with E-state index in [0.29, 0.717) is 46.3 Å².